The first-order chi connectivity index (χ1) is 13.8. The van der Waals surface area contributed by atoms with Crippen molar-refractivity contribution in [3.63, 3.8) is 0 Å². The summed E-state index contributed by atoms with van der Waals surface area (Å²) in [5.74, 6) is 6.42. The quantitative estimate of drug-likeness (QED) is 0.784. The number of hydrogen-bond donors (Lipinski definition) is 1. The Bertz CT molecular complexity index is 805. The maximum Gasteiger partial charge on any atom is 0.237 e. The number of rotatable bonds is 6. The van der Waals surface area contributed by atoms with E-state index in [1.54, 1.807) is 12.4 Å². The van der Waals surface area contributed by atoms with Crippen molar-refractivity contribution < 1.29 is 4.79 Å². The maximum atomic E-state index is 12.8. The third kappa shape index (κ3) is 5.94. The number of unbranched alkanes of at least 4 members (excludes halogenated alkanes) is 1. The lowest BCUT2D eigenvalue weighted by Gasteiger charge is -2.34. The summed E-state index contributed by atoms with van der Waals surface area (Å²) in [6, 6.07) is 12.0. The highest BCUT2D eigenvalue weighted by Crippen LogP contribution is 2.19. The smallest absolute Gasteiger partial charge is 0.237 e. The molecule has 2 heterocycles. The highest BCUT2D eigenvalue weighted by atomic mass is 16.2. The van der Waals surface area contributed by atoms with E-state index < -0.39 is 0 Å². The Kier molecular flexibility index (Phi) is 7.63. The molecule has 1 fully saturated rings. The second-order valence-corrected chi connectivity index (χ2v) is 7.12. The largest absolute Gasteiger partial charge is 0.351 e. The molecule has 0 saturated carbocycles. The second-order valence-electron chi connectivity index (χ2n) is 7.12. The van der Waals surface area contributed by atoms with Gasteiger partial charge in [0.1, 0.15) is 0 Å². The molecule has 4 heteroatoms. The third-order valence-electron chi connectivity index (χ3n) is 4.92. The van der Waals surface area contributed by atoms with Crippen molar-refractivity contribution in [3.8, 4) is 11.8 Å². The van der Waals surface area contributed by atoms with Gasteiger partial charge in [0.2, 0.25) is 5.91 Å². The van der Waals surface area contributed by atoms with E-state index in [2.05, 4.69) is 40.4 Å². The van der Waals surface area contributed by atoms with Crippen LogP contribution in [0.5, 0.6) is 0 Å². The Hall–Kier alpha value is -2.64. The Morgan fingerprint density at radius 3 is 2.71 bits per heavy atom. The number of piperidine rings is 1. The summed E-state index contributed by atoms with van der Waals surface area (Å²) < 4.78 is 0. The van der Waals surface area contributed by atoms with Crippen LogP contribution >= 0.6 is 0 Å². The van der Waals surface area contributed by atoms with Crippen LogP contribution in [0.15, 0.2) is 48.8 Å². The molecule has 0 bridgehead atoms. The predicted octanol–water partition coefficient (Wildman–Crippen LogP) is 3.72. The highest BCUT2D eigenvalue weighted by Gasteiger charge is 2.28. The molecule has 0 aliphatic carbocycles. The normalized spacial score (nSPS) is 16.8. The van der Waals surface area contributed by atoms with Gasteiger partial charge in [-0.15, -0.1) is 0 Å². The van der Waals surface area contributed by atoms with Gasteiger partial charge in [-0.2, -0.15) is 0 Å². The fourth-order valence-electron chi connectivity index (χ4n) is 3.33. The number of amides is 1. The molecule has 4 nitrogen and oxygen atoms in total. The molecule has 1 aliphatic heterocycles. The van der Waals surface area contributed by atoms with Gasteiger partial charge >= 0.3 is 0 Å². The zero-order valence-electron chi connectivity index (χ0n) is 16.5. The van der Waals surface area contributed by atoms with Crippen LogP contribution in [0.25, 0.3) is 0 Å². The highest BCUT2D eigenvalue weighted by molar-refractivity contribution is 5.82. The SMILES string of the molecule is CCCC#Cc1ccc(CNC(=O)C2C[CH]CCN2Cc2ccncc2)cc1. The van der Waals surface area contributed by atoms with Gasteiger partial charge in [0.15, 0.2) is 0 Å². The third-order valence-corrected chi connectivity index (χ3v) is 4.92. The molecule has 1 amide bonds. The van der Waals surface area contributed by atoms with Crippen LogP contribution < -0.4 is 5.32 Å². The van der Waals surface area contributed by atoms with Crippen molar-refractivity contribution in [1.82, 2.24) is 15.2 Å². The molecule has 1 saturated heterocycles. The van der Waals surface area contributed by atoms with Gasteiger partial charge in [0, 0.05) is 37.5 Å². The van der Waals surface area contributed by atoms with Gasteiger partial charge in [-0.05, 0) is 67.6 Å². The van der Waals surface area contributed by atoms with Gasteiger partial charge in [-0.1, -0.05) is 30.9 Å². The Morgan fingerprint density at radius 2 is 1.96 bits per heavy atom. The maximum absolute atomic E-state index is 12.8. The fourth-order valence-corrected chi connectivity index (χ4v) is 3.33. The number of pyridine rings is 1. The van der Waals surface area contributed by atoms with Crippen LogP contribution in [0.3, 0.4) is 0 Å². The van der Waals surface area contributed by atoms with Crippen molar-refractivity contribution in [2.45, 2.75) is 51.7 Å². The molecule has 28 heavy (non-hydrogen) atoms. The fraction of sp³-hybridized carbons (Fsp3) is 0.375. The van der Waals surface area contributed by atoms with Crippen molar-refractivity contribution in [2.75, 3.05) is 6.54 Å². The standard InChI is InChI=1S/C24H28N3O/c1-2-3-4-7-20-9-11-21(12-10-20)18-26-24(28)23-8-5-6-17-27(23)19-22-13-15-25-16-14-22/h5,9-16,23H,2-3,6,8,17-19H2,1H3,(H,26,28). The molecule has 1 aromatic carbocycles. The zero-order valence-corrected chi connectivity index (χ0v) is 16.5. The molecule has 1 radical (unpaired) electrons. The lowest BCUT2D eigenvalue weighted by molar-refractivity contribution is -0.127. The molecule has 1 N–H and O–H groups in total. The average molecular weight is 375 g/mol. The van der Waals surface area contributed by atoms with E-state index in [-0.39, 0.29) is 11.9 Å². The van der Waals surface area contributed by atoms with Crippen molar-refractivity contribution >= 4 is 5.91 Å². The zero-order chi connectivity index (χ0) is 19.6. The van der Waals surface area contributed by atoms with Gasteiger partial charge in [0.25, 0.3) is 0 Å². The summed E-state index contributed by atoms with van der Waals surface area (Å²) >= 11 is 0. The van der Waals surface area contributed by atoms with Crippen molar-refractivity contribution in [1.29, 1.82) is 0 Å². The number of nitrogens with one attached hydrogen (secondary N) is 1. The molecule has 0 spiro atoms. The number of benzene rings is 1. The summed E-state index contributed by atoms with van der Waals surface area (Å²) in [5.41, 5.74) is 3.30. The van der Waals surface area contributed by atoms with Crippen LogP contribution in [0.4, 0.5) is 0 Å². The van der Waals surface area contributed by atoms with E-state index in [0.29, 0.717) is 6.54 Å². The number of hydrogen-bond acceptors (Lipinski definition) is 3. The van der Waals surface area contributed by atoms with Crippen LogP contribution in [0.2, 0.25) is 0 Å². The second kappa shape index (κ2) is 10.6. The van der Waals surface area contributed by atoms with E-state index in [1.807, 2.05) is 36.4 Å². The molecule has 2 aromatic rings. The first-order valence-corrected chi connectivity index (χ1v) is 10.1. The summed E-state index contributed by atoms with van der Waals surface area (Å²) in [7, 11) is 0. The van der Waals surface area contributed by atoms with Crippen molar-refractivity contribution in [3.05, 3.63) is 71.9 Å². The number of likely N-dealkylation sites (tertiary alicyclic amines) is 1. The van der Waals surface area contributed by atoms with E-state index in [0.717, 1.165) is 49.9 Å². The molecule has 1 aromatic heterocycles. The van der Waals surface area contributed by atoms with E-state index in [4.69, 9.17) is 0 Å². The van der Waals surface area contributed by atoms with E-state index >= 15 is 0 Å². The number of carbonyl (C=O) groups excluding carboxylic acids is 1. The van der Waals surface area contributed by atoms with Crippen LogP contribution in [-0.2, 0) is 17.9 Å². The minimum Gasteiger partial charge on any atom is -0.351 e. The molecular weight excluding hydrogens is 346 g/mol. The van der Waals surface area contributed by atoms with Crippen LogP contribution in [0.1, 0.15) is 49.3 Å². The number of carbonyl (C=O) groups is 1. The molecule has 3 rings (SSSR count). The predicted molar refractivity (Wildman–Crippen MR) is 112 cm³/mol. The average Bonchev–Trinajstić information content (AvgIpc) is 2.74. The molecule has 145 valence electrons. The lowest BCUT2D eigenvalue weighted by Crippen LogP contribution is -2.49. The molecule has 1 aliphatic rings. The van der Waals surface area contributed by atoms with Crippen LogP contribution in [-0.4, -0.2) is 28.4 Å². The number of nitrogens with zero attached hydrogens (tertiary/aromatic N) is 2. The van der Waals surface area contributed by atoms with Gasteiger partial charge in [-0.25, -0.2) is 0 Å². The van der Waals surface area contributed by atoms with Gasteiger partial charge in [0.05, 0.1) is 6.04 Å². The Morgan fingerprint density at radius 1 is 1.18 bits per heavy atom. The van der Waals surface area contributed by atoms with Crippen molar-refractivity contribution in [2.24, 2.45) is 0 Å². The van der Waals surface area contributed by atoms with Crippen LogP contribution in [0, 0.1) is 18.3 Å². The lowest BCUT2D eigenvalue weighted by atomic mass is 10.0. The summed E-state index contributed by atoms with van der Waals surface area (Å²) in [6.45, 7) is 4.36. The Labute approximate surface area is 168 Å². The van der Waals surface area contributed by atoms with E-state index in [1.165, 1.54) is 5.56 Å². The first kappa shape index (κ1) is 20.1. The Balaban J connectivity index is 1.54. The van der Waals surface area contributed by atoms with E-state index in [9.17, 15) is 4.79 Å². The first-order valence-electron chi connectivity index (χ1n) is 10.1. The van der Waals surface area contributed by atoms with Gasteiger partial charge in [-0.3, -0.25) is 14.7 Å². The minimum atomic E-state index is -0.110. The monoisotopic (exact) mass is 374 g/mol. The van der Waals surface area contributed by atoms with Gasteiger partial charge < -0.3 is 5.32 Å². The molecule has 1 atom stereocenters. The molecular formula is C24H28N3O. The topological polar surface area (TPSA) is 45.2 Å². The summed E-state index contributed by atoms with van der Waals surface area (Å²) in [5, 5.41) is 3.11. The summed E-state index contributed by atoms with van der Waals surface area (Å²) in [4.78, 5) is 19.1. The number of aromatic nitrogens is 1. The minimum absolute atomic E-state index is 0.0943. The summed E-state index contributed by atoms with van der Waals surface area (Å²) in [6.07, 6.45) is 9.64. The molecule has 1 unspecified atom stereocenters.